The molecule has 4 nitrogen and oxygen atoms in total. The molecule has 0 spiro atoms. The van der Waals surface area contributed by atoms with Crippen LogP contribution in [-0.4, -0.2) is 43.2 Å². The molecular weight excluding hydrogens is 226 g/mol. The van der Waals surface area contributed by atoms with Crippen LogP contribution in [0.25, 0.3) is 0 Å². The molecule has 0 aliphatic rings. The maximum Gasteiger partial charge on any atom is 0.127 e. The minimum atomic E-state index is 0.00802. The molecule has 0 bridgehead atoms. The predicted molar refractivity (Wildman–Crippen MR) is 75.0 cm³/mol. The smallest absolute Gasteiger partial charge is 0.127 e. The van der Waals surface area contributed by atoms with Crippen molar-refractivity contribution in [2.75, 3.05) is 27.7 Å². The quantitative estimate of drug-likeness (QED) is 0.837. The van der Waals surface area contributed by atoms with E-state index < -0.39 is 0 Å². The van der Waals surface area contributed by atoms with Crippen LogP contribution in [0.4, 0.5) is 0 Å². The molecule has 0 saturated heterocycles. The van der Waals surface area contributed by atoms with E-state index in [2.05, 4.69) is 43.1 Å². The van der Waals surface area contributed by atoms with Gasteiger partial charge in [0, 0.05) is 35.6 Å². The molecule has 1 N–H and O–H groups in total. The first-order valence-corrected chi connectivity index (χ1v) is 6.27. The Morgan fingerprint density at radius 3 is 2.61 bits per heavy atom. The summed E-state index contributed by atoms with van der Waals surface area (Å²) in [4.78, 5) is 6.47. The van der Waals surface area contributed by atoms with Gasteiger partial charge in [-0.15, -0.1) is 0 Å². The second-order valence-electron chi connectivity index (χ2n) is 5.46. The van der Waals surface area contributed by atoms with E-state index in [0.717, 1.165) is 23.6 Å². The molecule has 1 aromatic rings. The van der Waals surface area contributed by atoms with E-state index in [-0.39, 0.29) is 5.54 Å². The number of hydrogen-bond acceptors (Lipinski definition) is 4. The average molecular weight is 251 g/mol. The summed E-state index contributed by atoms with van der Waals surface area (Å²) in [5, 5.41) is 3.13. The van der Waals surface area contributed by atoms with Gasteiger partial charge in [0.25, 0.3) is 0 Å². The van der Waals surface area contributed by atoms with Gasteiger partial charge < -0.3 is 15.0 Å². The van der Waals surface area contributed by atoms with Crippen molar-refractivity contribution in [1.29, 1.82) is 0 Å². The summed E-state index contributed by atoms with van der Waals surface area (Å²) in [6, 6.07) is 2.00. The molecule has 0 unspecified atom stereocenters. The number of nitrogens with zero attached hydrogens (tertiary/aromatic N) is 2. The van der Waals surface area contributed by atoms with Crippen LogP contribution in [0, 0.1) is 6.92 Å². The zero-order valence-corrected chi connectivity index (χ0v) is 12.4. The van der Waals surface area contributed by atoms with Gasteiger partial charge in [-0.05, 0) is 41.9 Å². The molecule has 0 radical (unpaired) electrons. The van der Waals surface area contributed by atoms with E-state index in [1.54, 1.807) is 0 Å². The maximum absolute atomic E-state index is 5.97. The third kappa shape index (κ3) is 3.96. The van der Waals surface area contributed by atoms with Crippen molar-refractivity contribution in [2.45, 2.75) is 32.9 Å². The Bertz CT molecular complexity index is 389. The van der Waals surface area contributed by atoms with Crippen LogP contribution in [0.1, 0.15) is 25.1 Å². The topological polar surface area (TPSA) is 37.4 Å². The van der Waals surface area contributed by atoms with Gasteiger partial charge in [-0.25, -0.2) is 0 Å². The third-order valence-corrected chi connectivity index (χ3v) is 3.24. The van der Waals surface area contributed by atoms with Gasteiger partial charge in [0.05, 0.1) is 0 Å². The predicted octanol–water partition coefficient (Wildman–Crippen LogP) is 1.83. The van der Waals surface area contributed by atoms with Crippen LogP contribution < -0.4 is 10.1 Å². The van der Waals surface area contributed by atoms with E-state index in [1.165, 1.54) is 0 Å². The van der Waals surface area contributed by atoms with Gasteiger partial charge in [0.1, 0.15) is 12.4 Å². The summed E-state index contributed by atoms with van der Waals surface area (Å²) < 4.78 is 5.97. The Morgan fingerprint density at radius 2 is 2.06 bits per heavy atom. The van der Waals surface area contributed by atoms with Crippen molar-refractivity contribution in [3.05, 3.63) is 23.5 Å². The molecule has 1 aromatic heterocycles. The number of rotatable bonds is 6. The second kappa shape index (κ2) is 6.16. The van der Waals surface area contributed by atoms with Crippen molar-refractivity contribution in [3.8, 4) is 5.75 Å². The first kappa shape index (κ1) is 14.9. The Hall–Kier alpha value is -1.13. The molecule has 0 fully saturated rings. The van der Waals surface area contributed by atoms with Gasteiger partial charge in [-0.1, -0.05) is 0 Å². The number of aryl methyl sites for hydroxylation is 1. The largest absolute Gasteiger partial charge is 0.491 e. The van der Waals surface area contributed by atoms with Gasteiger partial charge in [0.15, 0.2) is 0 Å². The van der Waals surface area contributed by atoms with E-state index in [9.17, 15) is 0 Å². The fourth-order valence-corrected chi connectivity index (χ4v) is 1.40. The van der Waals surface area contributed by atoms with Crippen molar-refractivity contribution in [2.24, 2.45) is 0 Å². The summed E-state index contributed by atoms with van der Waals surface area (Å²) in [5.74, 6) is 0.923. The summed E-state index contributed by atoms with van der Waals surface area (Å²) in [6.07, 6.45) is 1.88. The number of hydrogen-bond donors (Lipinski definition) is 1. The molecule has 0 aliphatic carbocycles. The lowest BCUT2D eigenvalue weighted by molar-refractivity contribution is 0.113. The zero-order valence-electron chi connectivity index (χ0n) is 12.4. The molecule has 1 heterocycles. The van der Waals surface area contributed by atoms with Crippen LogP contribution in [-0.2, 0) is 6.54 Å². The van der Waals surface area contributed by atoms with Crippen molar-refractivity contribution < 1.29 is 4.74 Å². The Morgan fingerprint density at radius 1 is 1.39 bits per heavy atom. The lowest BCUT2D eigenvalue weighted by Gasteiger charge is -2.32. The molecule has 0 saturated carbocycles. The highest BCUT2D eigenvalue weighted by Gasteiger charge is 2.21. The van der Waals surface area contributed by atoms with E-state index >= 15 is 0 Å². The number of likely N-dealkylation sites (N-methyl/N-ethyl adjacent to an activating group) is 1. The normalized spacial score (nSPS) is 11.9. The molecule has 0 amide bonds. The standard InChI is InChI=1S/C14H25N3O/c1-11-7-13(12(8-15-4)9-16-11)18-10-14(2,3)17(5)6/h7,9,15H,8,10H2,1-6H3. The third-order valence-electron chi connectivity index (χ3n) is 3.24. The highest BCUT2D eigenvalue weighted by atomic mass is 16.5. The molecule has 0 aromatic carbocycles. The van der Waals surface area contributed by atoms with Gasteiger partial charge in [-0.3, -0.25) is 4.98 Å². The van der Waals surface area contributed by atoms with Crippen LogP contribution in [0.2, 0.25) is 0 Å². The highest BCUT2D eigenvalue weighted by Crippen LogP contribution is 2.21. The van der Waals surface area contributed by atoms with Crippen LogP contribution in [0.5, 0.6) is 5.75 Å². The number of ether oxygens (including phenoxy) is 1. The Balaban J connectivity index is 2.80. The average Bonchev–Trinajstić information content (AvgIpc) is 2.29. The molecule has 0 atom stereocenters. The van der Waals surface area contributed by atoms with Crippen molar-refractivity contribution in [3.63, 3.8) is 0 Å². The van der Waals surface area contributed by atoms with E-state index in [4.69, 9.17) is 4.74 Å². The Kier molecular flexibility index (Phi) is 5.11. The molecule has 0 aliphatic heterocycles. The monoisotopic (exact) mass is 251 g/mol. The maximum atomic E-state index is 5.97. The highest BCUT2D eigenvalue weighted by molar-refractivity contribution is 5.32. The van der Waals surface area contributed by atoms with Crippen molar-refractivity contribution in [1.82, 2.24) is 15.2 Å². The van der Waals surface area contributed by atoms with E-state index in [0.29, 0.717) is 6.61 Å². The second-order valence-corrected chi connectivity index (χ2v) is 5.46. The summed E-state index contributed by atoms with van der Waals surface area (Å²) in [6.45, 7) is 7.73. The van der Waals surface area contributed by atoms with Gasteiger partial charge >= 0.3 is 0 Å². The first-order chi connectivity index (χ1) is 8.36. The molecule has 4 heteroatoms. The summed E-state index contributed by atoms with van der Waals surface area (Å²) >= 11 is 0. The summed E-state index contributed by atoms with van der Waals surface area (Å²) in [7, 11) is 6.05. The van der Waals surface area contributed by atoms with E-state index in [1.807, 2.05) is 26.2 Å². The molecular formula is C14H25N3O. The lowest BCUT2D eigenvalue weighted by Crippen LogP contribution is -2.43. The van der Waals surface area contributed by atoms with Crippen LogP contribution in [0.15, 0.2) is 12.3 Å². The SMILES string of the molecule is CNCc1cnc(C)cc1OCC(C)(C)N(C)C. The fourth-order valence-electron chi connectivity index (χ4n) is 1.40. The van der Waals surface area contributed by atoms with Gasteiger partial charge in [-0.2, -0.15) is 0 Å². The number of aromatic nitrogens is 1. The van der Waals surface area contributed by atoms with Crippen LogP contribution in [0.3, 0.4) is 0 Å². The lowest BCUT2D eigenvalue weighted by atomic mass is 10.1. The number of pyridine rings is 1. The number of nitrogens with one attached hydrogen (secondary N) is 1. The molecule has 18 heavy (non-hydrogen) atoms. The molecule has 102 valence electrons. The van der Waals surface area contributed by atoms with Crippen molar-refractivity contribution >= 4 is 0 Å². The zero-order chi connectivity index (χ0) is 13.8. The van der Waals surface area contributed by atoms with Crippen LogP contribution >= 0.6 is 0 Å². The minimum absolute atomic E-state index is 0.00802. The fraction of sp³-hybridized carbons (Fsp3) is 0.643. The first-order valence-electron chi connectivity index (χ1n) is 6.27. The summed E-state index contributed by atoms with van der Waals surface area (Å²) in [5.41, 5.74) is 2.08. The molecule has 1 rings (SSSR count). The Labute approximate surface area is 110 Å². The minimum Gasteiger partial charge on any atom is -0.491 e. The van der Waals surface area contributed by atoms with Gasteiger partial charge in [0.2, 0.25) is 0 Å².